The van der Waals surface area contributed by atoms with E-state index in [-0.39, 0.29) is 0 Å². The van der Waals surface area contributed by atoms with Crippen LogP contribution in [0.15, 0.2) is 0 Å². The zero-order valence-electron chi connectivity index (χ0n) is 13.0. The Bertz CT molecular complexity index is 553. The molecule has 4 nitrogen and oxygen atoms in total. The Morgan fingerprint density at radius 2 is 1.95 bits per heavy atom. The van der Waals surface area contributed by atoms with Gasteiger partial charge in [0.05, 0.1) is 12.2 Å². The van der Waals surface area contributed by atoms with Crippen LogP contribution in [0.2, 0.25) is 0 Å². The van der Waals surface area contributed by atoms with Crippen molar-refractivity contribution >= 4 is 5.91 Å². The van der Waals surface area contributed by atoms with E-state index in [4.69, 9.17) is 5.10 Å². The maximum absolute atomic E-state index is 12.7. The predicted octanol–water partition coefficient (Wildman–Crippen LogP) is 2.59. The summed E-state index contributed by atoms with van der Waals surface area (Å²) >= 11 is 0. The lowest BCUT2D eigenvalue weighted by atomic mass is 10.1. The van der Waals surface area contributed by atoms with Crippen molar-refractivity contribution in [2.75, 3.05) is 0 Å². The molecule has 114 valence electrons. The number of carbonyl (C=O) groups is 1. The predicted molar refractivity (Wildman–Crippen MR) is 80.8 cm³/mol. The van der Waals surface area contributed by atoms with Gasteiger partial charge in [-0.2, -0.15) is 5.10 Å². The number of rotatable bonds is 4. The maximum atomic E-state index is 12.7. The van der Waals surface area contributed by atoms with Gasteiger partial charge in [0.25, 0.3) is 0 Å². The molecule has 3 aliphatic carbocycles. The summed E-state index contributed by atoms with van der Waals surface area (Å²) in [6.45, 7) is 0.753. The quantitative estimate of drug-likeness (QED) is 0.853. The number of aryl methyl sites for hydroxylation is 1. The van der Waals surface area contributed by atoms with E-state index >= 15 is 0 Å². The Morgan fingerprint density at radius 3 is 2.67 bits per heavy atom. The van der Waals surface area contributed by atoms with Gasteiger partial charge in [0.1, 0.15) is 0 Å². The molecular weight excluding hydrogens is 262 g/mol. The fraction of sp³-hybridized carbons (Fsp3) is 0.765. The minimum atomic E-state index is 0.322. The third-order valence-electron chi connectivity index (χ3n) is 5.49. The molecule has 0 radical (unpaired) electrons. The summed E-state index contributed by atoms with van der Waals surface area (Å²) in [6.07, 6.45) is 10.7. The van der Waals surface area contributed by atoms with Gasteiger partial charge in [-0.15, -0.1) is 0 Å². The largest absolute Gasteiger partial charge is 0.333 e. The topological polar surface area (TPSA) is 38.1 Å². The summed E-state index contributed by atoms with van der Waals surface area (Å²) in [7, 11) is 2.05. The second-order valence-electron chi connectivity index (χ2n) is 7.03. The second-order valence-corrected chi connectivity index (χ2v) is 7.03. The molecule has 3 aliphatic rings. The van der Waals surface area contributed by atoms with Crippen LogP contribution in [-0.4, -0.2) is 26.6 Å². The van der Waals surface area contributed by atoms with Crippen molar-refractivity contribution in [3.8, 4) is 0 Å². The number of nitrogens with zero attached hydrogens (tertiary/aromatic N) is 3. The Balaban J connectivity index is 1.59. The standard InChI is InChI=1S/C17H25N3O/c1-19-16-8-4-7-14(16)15(18-19)11-20(13-5-2-3-6-13)17(21)12-9-10-12/h12-13H,2-11H2,1H3. The molecule has 21 heavy (non-hydrogen) atoms. The number of hydrogen-bond acceptors (Lipinski definition) is 2. The SMILES string of the molecule is Cn1nc(CN(C(=O)C2CC2)C2CCCC2)c2c1CCC2. The highest BCUT2D eigenvalue weighted by Gasteiger charge is 2.38. The van der Waals surface area contributed by atoms with Crippen LogP contribution in [0.4, 0.5) is 0 Å². The van der Waals surface area contributed by atoms with Gasteiger partial charge in [0.15, 0.2) is 0 Å². The minimum Gasteiger partial charge on any atom is -0.333 e. The normalized spacial score (nSPS) is 21.8. The van der Waals surface area contributed by atoms with E-state index in [1.165, 1.54) is 49.1 Å². The number of fused-ring (bicyclic) bond motifs is 1. The molecular formula is C17H25N3O. The van der Waals surface area contributed by atoms with Crippen LogP contribution in [0, 0.1) is 5.92 Å². The number of carbonyl (C=O) groups excluding carboxylic acids is 1. The molecule has 0 aliphatic heterocycles. The van der Waals surface area contributed by atoms with E-state index < -0.39 is 0 Å². The third kappa shape index (κ3) is 2.39. The Labute approximate surface area is 126 Å². The summed E-state index contributed by atoms with van der Waals surface area (Å²) in [5.74, 6) is 0.724. The molecule has 4 heteroatoms. The molecule has 0 spiro atoms. The average Bonchev–Trinajstić information content (AvgIpc) is 2.91. The first kappa shape index (κ1) is 13.4. The highest BCUT2D eigenvalue weighted by molar-refractivity contribution is 5.81. The van der Waals surface area contributed by atoms with E-state index in [0.29, 0.717) is 17.9 Å². The van der Waals surface area contributed by atoms with Crippen molar-refractivity contribution in [2.24, 2.45) is 13.0 Å². The molecule has 2 saturated carbocycles. The van der Waals surface area contributed by atoms with Crippen LogP contribution >= 0.6 is 0 Å². The zero-order valence-corrected chi connectivity index (χ0v) is 13.0. The van der Waals surface area contributed by atoms with Crippen LogP contribution in [-0.2, 0) is 31.2 Å². The van der Waals surface area contributed by atoms with E-state index in [2.05, 4.69) is 11.9 Å². The highest BCUT2D eigenvalue weighted by Crippen LogP contribution is 2.35. The van der Waals surface area contributed by atoms with Gasteiger partial charge < -0.3 is 4.90 Å². The van der Waals surface area contributed by atoms with Gasteiger partial charge in [0, 0.05) is 24.7 Å². The lowest BCUT2D eigenvalue weighted by molar-refractivity contribution is -0.135. The molecule has 1 aromatic rings. The van der Waals surface area contributed by atoms with Gasteiger partial charge in [-0.25, -0.2) is 0 Å². The van der Waals surface area contributed by atoms with E-state index in [1.54, 1.807) is 0 Å². The molecule has 1 amide bonds. The Kier molecular flexibility index (Phi) is 3.27. The molecule has 0 N–H and O–H groups in total. The maximum Gasteiger partial charge on any atom is 0.226 e. The monoisotopic (exact) mass is 287 g/mol. The first-order valence-electron chi connectivity index (χ1n) is 8.58. The highest BCUT2D eigenvalue weighted by atomic mass is 16.2. The number of aromatic nitrogens is 2. The van der Waals surface area contributed by atoms with Crippen LogP contribution in [0.25, 0.3) is 0 Å². The molecule has 0 saturated heterocycles. The second kappa shape index (κ2) is 5.15. The van der Waals surface area contributed by atoms with E-state index in [9.17, 15) is 4.79 Å². The molecule has 4 rings (SSSR count). The summed E-state index contributed by atoms with van der Waals surface area (Å²) in [6, 6.07) is 0.470. The Morgan fingerprint density at radius 1 is 1.19 bits per heavy atom. The molecule has 0 aromatic carbocycles. The lowest BCUT2D eigenvalue weighted by Crippen LogP contribution is -2.39. The molecule has 1 heterocycles. The smallest absolute Gasteiger partial charge is 0.226 e. The van der Waals surface area contributed by atoms with Crippen molar-refractivity contribution in [3.05, 3.63) is 17.0 Å². The fourth-order valence-corrected chi connectivity index (χ4v) is 4.15. The molecule has 0 unspecified atom stereocenters. The first-order valence-corrected chi connectivity index (χ1v) is 8.58. The molecule has 2 fully saturated rings. The third-order valence-corrected chi connectivity index (χ3v) is 5.49. The van der Waals surface area contributed by atoms with E-state index in [1.807, 2.05) is 4.68 Å². The zero-order chi connectivity index (χ0) is 14.4. The summed E-state index contributed by atoms with van der Waals surface area (Å²) < 4.78 is 2.05. The summed E-state index contributed by atoms with van der Waals surface area (Å²) in [4.78, 5) is 14.9. The first-order chi connectivity index (χ1) is 10.2. The van der Waals surface area contributed by atoms with Gasteiger partial charge in [-0.1, -0.05) is 12.8 Å². The molecule has 1 aromatic heterocycles. The van der Waals surface area contributed by atoms with Crippen molar-refractivity contribution < 1.29 is 4.79 Å². The summed E-state index contributed by atoms with van der Waals surface area (Å²) in [5.41, 5.74) is 4.00. The summed E-state index contributed by atoms with van der Waals surface area (Å²) in [5, 5.41) is 4.73. The average molecular weight is 287 g/mol. The minimum absolute atomic E-state index is 0.322. The van der Waals surface area contributed by atoms with Crippen LogP contribution in [0.5, 0.6) is 0 Å². The fourth-order valence-electron chi connectivity index (χ4n) is 4.15. The molecule has 0 bridgehead atoms. The lowest BCUT2D eigenvalue weighted by Gasteiger charge is -2.29. The van der Waals surface area contributed by atoms with Gasteiger partial charge >= 0.3 is 0 Å². The van der Waals surface area contributed by atoms with Crippen molar-refractivity contribution in [3.63, 3.8) is 0 Å². The van der Waals surface area contributed by atoms with Crippen LogP contribution < -0.4 is 0 Å². The Hall–Kier alpha value is -1.32. The van der Waals surface area contributed by atoms with Crippen molar-refractivity contribution in [1.29, 1.82) is 0 Å². The molecule has 0 atom stereocenters. The van der Waals surface area contributed by atoms with Crippen LogP contribution in [0.3, 0.4) is 0 Å². The number of hydrogen-bond donors (Lipinski definition) is 0. The van der Waals surface area contributed by atoms with Crippen molar-refractivity contribution in [1.82, 2.24) is 14.7 Å². The van der Waals surface area contributed by atoms with Gasteiger partial charge in [0.2, 0.25) is 5.91 Å². The van der Waals surface area contributed by atoms with Crippen LogP contribution in [0.1, 0.15) is 61.9 Å². The van der Waals surface area contributed by atoms with Gasteiger partial charge in [-0.3, -0.25) is 9.48 Å². The van der Waals surface area contributed by atoms with Crippen molar-refractivity contribution in [2.45, 2.75) is 70.4 Å². The van der Waals surface area contributed by atoms with E-state index in [0.717, 1.165) is 32.2 Å². The van der Waals surface area contributed by atoms with Gasteiger partial charge in [-0.05, 0) is 50.5 Å². The number of amides is 1.